The molecule has 1 aliphatic rings. The molecule has 0 amide bonds. The summed E-state index contributed by atoms with van der Waals surface area (Å²) in [5.74, 6) is 0.726. The Hall–Kier alpha value is -3.73. The minimum Gasteiger partial charge on any atom is -0.467 e. The minimum atomic E-state index is -4.40. The number of hydrogen-bond acceptors (Lipinski definition) is 6. The molecule has 35 heavy (non-hydrogen) atoms. The molecule has 3 heterocycles. The molecule has 0 spiro atoms. The summed E-state index contributed by atoms with van der Waals surface area (Å²) in [5, 5.41) is 12.1. The van der Waals surface area contributed by atoms with Gasteiger partial charge >= 0.3 is 6.18 Å². The van der Waals surface area contributed by atoms with Crippen LogP contribution in [-0.2, 0) is 12.7 Å². The lowest BCUT2D eigenvalue weighted by Crippen LogP contribution is -2.48. The third kappa shape index (κ3) is 4.90. The van der Waals surface area contributed by atoms with E-state index in [2.05, 4.69) is 15.5 Å². The molecule has 11 heteroatoms. The minimum absolute atomic E-state index is 0.282. The van der Waals surface area contributed by atoms with Crippen LogP contribution in [0.15, 0.2) is 71.3 Å². The van der Waals surface area contributed by atoms with E-state index in [-0.39, 0.29) is 12.4 Å². The van der Waals surface area contributed by atoms with Crippen molar-refractivity contribution >= 4 is 5.69 Å². The molecule has 1 saturated heterocycles. The fourth-order valence-electron chi connectivity index (χ4n) is 4.38. The van der Waals surface area contributed by atoms with Crippen molar-refractivity contribution in [2.75, 3.05) is 31.1 Å². The number of nitrogens with zero attached hydrogens (tertiary/aromatic N) is 6. The first kappa shape index (κ1) is 23.0. The largest absolute Gasteiger partial charge is 0.467 e. The zero-order valence-electron chi connectivity index (χ0n) is 18.6. The topological polar surface area (TPSA) is 63.2 Å². The van der Waals surface area contributed by atoms with Crippen molar-refractivity contribution in [1.82, 2.24) is 25.1 Å². The molecule has 0 N–H and O–H groups in total. The normalized spacial score (nSPS) is 15.9. The maximum absolute atomic E-state index is 15.0. The Balaban J connectivity index is 1.41. The maximum atomic E-state index is 15.0. The van der Waals surface area contributed by atoms with Gasteiger partial charge in [-0.15, -0.1) is 5.10 Å². The average molecular weight is 486 g/mol. The molecule has 2 aromatic carbocycles. The highest BCUT2D eigenvalue weighted by atomic mass is 19.4. The molecular formula is C24H22F4N6O. The number of aromatic nitrogens is 4. The molecular weight excluding hydrogens is 464 g/mol. The zero-order chi connectivity index (χ0) is 24.4. The van der Waals surface area contributed by atoms with Crippen molar-refractivity contribution in [2.24, 2.45) is 0 Å². The molecule has 1 aliphatic heterocycles. The Labute approximate surface area is 198 Å². The van der Waals surface area contributed by atoms with Crippen LogP contribution in [0.25, 0.3) is 0 Å². The summed E-state index contributed by atoms with van der Waals surface area (Å²) in [7, 11) is 0. The summed E-state index contributed by atoms with van der Waals surface area (Å²) < 4.78 is 61.5. The molecule has 2 aromatic heterocycles. The van der Waals surface area contributed by atoms with Crippen LogP contribution in [-0.4, -0.2) is 51.3 Å². The second-order valence-electron chi connectivity index (χ2n) is 8.27. The second-order valence-corrected chi connectivity index (χ2v) is 8.27. The lowest BCUT2D eigenvalue weighted by molar-refractivity contribution is -0.137. The molecule has 182 valence electrons. The van der Waals surface area contributed by atoms with E-state index in [9.17, 15) is 17.6 Å². The summed E-state index contributed by atoms with van der Waals surface area (Å²) >= 11 is 0. The maximum Gasteiger partial charge on any atom is 0.416 e. The second kappa shape index (κ2) is 9.49. The number of tetrazole rings is 1. The van der Waals surface area contributed by atoms with Crippen molar-refractivity contribution in [3.8, 4) is 0 Å². The van der Waals surface area contributed by atoms with Crippen LogP contribution in [0.5, 0.6) is 0 Å². The summed E-state index contributed by atoms with van der Waals surface area (Å²) in [5.41, 5.74) is 0.249. The van der Waals surface area contributed by atoms with Gasteiger partial charge in [-0.2, -0.15) is 13.2 Å². The third-order valence-corrected chi connectivity index (χ3v) is 6.11. The number of furan rings is 1. The molecule has 0 radical (unpaired) electrons. The molecule has 0 aliphatic carbocycles. The van der Waals surface area contributed by atoms with Gasteiger partial charge in [-0.25, -0.2) is 9.07 Å². The molecule has 7 nitrogen and oxygen atoms in total. The van der Waals surface area contributed by atoms with Crippen LogP contribution in [0.1, 0.15) is 28.8 Å². The van der Waals surface area contributed by atoms with E-state index >= 15 is 0 Å². The van der Waals surface area contributed by atoms with E-state index in [1.807, 2.05) is 9.80 Å². The summed E-state index contributed by atoms with van der Waals surface area (Å²) in [6, 6.07) is 14.8. The van der Waals surface area contributed by atoms with Gasteiger partial charge in [-0.1, -0.05) is 24.3 Å². The monoisotopic (exact) mass is 486 g/mol. The first-order valence-electron chi connectivity index (χ1n) is 11.1. The average Bonchev–Trinajstić information content (AvgIpc) is 3.53. The molecule has 1 fully saturated rings. The highest BCUT2D eigenvalue weighted by molar-refractivity contribution is 5.49. The van der Waals surface area contributed by atoms with Crippen molar-refractivity contribution in [3.05, 3.63) is 95.5 Å². The molecule has 4 aromatic rings. The van der Waals surface area contributed by atoms with Crippen LogP contribution < -0.4 is 4.90 Å². The molecule has 0 saturated carbocycles. The third-order valence-electron chi connectivity index (χ3n) is 6.11. The Morgan fingerprint density at radius 3 is 2.46 bits per heavy atom. The van der Waals surface area contributed by atoms with Crippen LogP contribution >= 0.6 is 0 Å². The van der Waals surface area contributed by atoms with Gasteiger partial charge in [-0.3, -0.25) is 4.90 Å². The van der Waals surface area contributed by atoms with Crippen LogP contribution in [0.3, 0.4) is 0 Å². The number of alkyl halides is 3. The van der Waals surface area contributed by atoms with Gasteiger partial charge in [0.15, 0.2) is 5.82 Å². The van der Waals surface area contributed by atoms with Crippen LogP contribution in [0, 0.1) is 5.82 Å². The quantitative estimate of drug-likeness (QED) is 0.377. The summed E-state index contributed by atoms with van der Waals surface area (Å²) in [6.45, 7) is 2.16. The van der Waals surface area contributed by atoms with E-state index < -0.39 is 17.8 Å². The lowest BCUT2D eigenvalue weighted by atomic mass is 10.0. The Bertz CT molecular complexity index is 1270. The predicted octanol–water partition coefficient (Wildman–Crippen LogP) is 4.38. The van der Waals surface area contributed by atoms with E-state index in [1.54, 1.807) is 47.3 Å². The number of piperazine rings is 1. The van der Waals surface area contributed by atoms with E-state index in [1.165, 1.54) is 12.1 Å². The van der Waals surface area contributed by atoms with Crippen molar-refractivity contribution in [2.45, 2.75) is 18.8 Å². The number of rotatable bonds is 6. The highest BCUT2D eigenvalue weighted by Crippen LogP contribution is 2.34. The predicted molar refractivity (Wildman–Crippen MR) is 119 cm³/mol. The number of benzene rings is 2. The first-order chi connectivity index (χ1) is 16.9. The van der Waals surface area contributed by atoms with Crippen LogP contribution in [0.2, 0.25) is 0 Å². The fraction of sp³-hybridized carbons (Fsp3) is 0.292. The SMILES string of the molecule is Fc1ccccc1C(c1nnnn1Cc1ccco1)N1CCN(c2cccc(C(F)(F)F)c2)CC1. The number of hydrogen-bond donors (Lipinski definition) is 0. The lowest BCUT2D eigenvalue weighted by Gasteiger charge is -2.40. The van der Waals surface area contributed by atoms with E-state index in [0.29, 0.717) is 49.0 Å². The Morgan fingerprint density at radius 2 is 1.74 bits per heavy atom. The fourth-order valence-corrected chi connectivity index (χ4v) is 4.38. The smallest absolute Gasteiger partial charge is 0.416 e. The number of anilines is 1. The van der Waals surface area contributed by atoms with Gasteiger partial charge in [0.25, 0.3) is 0 Å². The summed E-state index contributed by atoms with van der Waals surface area (Å²) in [4.78, 5) is 3.95. The van der Waals surface area contributed by atoms with Gasteiger partial charge in [0.05, 0.1) is 11.8 Å². The molecule has 0 bridgehead atoms. The van der Waals surface area contributed by atoms with E-state index in [0.717, 1.165) is 12.1 Å². The number of halogens is 4. The standard InChI is InChI=1S/C24H22F4N6O/c25-21-9-2-1-8-20(21)22(23-29-30-31-34(23)16-19-7-4-14-35-19)33-12-10-32(11-13-33)18-6-3-5-17(15-18)24(26,27)28/h1-9,14-15,22H,10-13,16H2. The highest BCUT2D eigenvalue weighted by Gasteiger charge is 2.34. The van der Waals surface area contributed by atoms with Gasteiger partial charge in [0.1, 0.15) is 24.2 Å². The van der Waals surface area contributed by atoms with Gasteiger partial charge < -0.3 is 9.32 Å². The van der Waals surface area contributed by atoms with Gasteiger partial charge in [0, 0.05) is 37.4 Å². The Morgan fingerprint density at radius 1 is 0.943 bits per heavy atom. The van der Waals surface area contributed by atoms with Crippen molar-refractivity contribution in [1.29, 1.82) is 0 Å². The van der Waals surface area contributed by atoms with Crippen molar-refractivity contribution in [3.63, 3.8) is 0 Å². The Kier molecular flexibility index (Phi) is 6.25. The van der Waals surface area contributed by atoms with Gasteiger partial charge in [-0.05, 0) is 46.8 Å². The summed E-state index contributed by atoms with van der Waals surface area (Å²) in [6.07, 6.45) is -2.85. The van der Waals surface area contributed by atoms with Crippen molar-refractivity contribution < 1.29 is 22.0 Å². The molecule has 5 rings (SSSR count). The zero-order valence-corrected chi connectivity index (χ0v) is 18.6. The van der Waals surface area contributed by atoms with Crippen LogP contribution in [0.4, 0.5) is 23.2 Å². The molecule has 1 unspecified atom stereocenters. The van der Waals surface area contributed by atoms with E-state index in [4.69, 9.17) is 4.42 Å². The van der Waals surface area contributed by atoms with Gasteiger partial charge in [0.2, 0.25) is 0 Å². The first-order valence-corrected chi connectivity index (χ1v) is 11.1. The molecule has 1 atom stereocenters.